The molecule has 0 saturated heterocycles. The Morgan fingerprint density at radius 3 is 2.55 bits per heavy atom. The summed E-state index contributed by atoms with van der Waals surface area (Å²) in [4.78, 5) is 0.534. The second-order valence-electron chi connectivity index (χ2n) is 2.21. The summed E-state index contributed by atoms with van der Waals surface area (Å²) in [6.07, 6.45) is 1.81. The maximum atomic E-state index is 12.9. The molecule has 1 aromatic carbocycles. The Morgan fingerprint density at radius 1 is 1.45 bits per heavy atom. The fourth-order valence-corrected chi connectivity index (χ4v) is 1.81. The van der Waals surface area contributed by atoms with Crippen LogP contribution in [0, 0.1) is 12.7 Å². The van der Waals surface area contributed by atoms with Gasteiger partial charge in [-0.15, -0.1) is 11.8 Å². The van der Waals surface area contributed by atoms with Crippen LogP contribution in [0.3, 0.4) is 0 Å². The first kappa shape index (κ1) is 8.88. The molecule has 0 unspecified atom stereocenters. The standard InChI is InChI=1S/C8H8ClFS/c1-5-3-4-6(10)8(11-2)7(5)9/h3-4H,1-2H3. The minimum atomic E-state index is -0.242. The molecule has 0 amide bonds. The third-order valence-corrected chi connectivity index (χ3v) is 2.85. The van der Waals surface area contributed by atoms with Crippen molar-refractivity contribution in [1.29, 1.82) is 0 Å². The van der Waals surface area contributed by atoms with E-state index in [0.717, 1.165) is 5.56 Å². The van der Waals surface area contributed by atoms with Gasteiger partial charge < -0.3 is 0 Å². The average molecular weight is 191 g/mol. The summed E-state index contributed by atoms with van der Waals surface area (Å²) >= 11 is 7.17. The Hall–Kier alpha value is -0.210. The Bertz CT molecular complexity index is 273. The smallest absolute Gasteiger partial charge is 0.138 e. The number of hydrogen-bond donors (Lipinski definition) is 0. The number of benzene rings is 1. The van der Waals surface area contributed by atoms with Gasteiger partial charge >= 0.3 is 0 Å². The lowest BCUT2D eigenvalue weighted by Gasteiger charge is -2.03. The third-order valence-electron chi connectivity index (χ3n) is 1.45. The Kier molecular flexibility index (Phi) is 2.79. The van der Waals surface area contributed by atoms with Crippen LogP contribution < -0.4 is 0 Å². The van der Waals surface area contributed by atoms with Gasteiger partial charge in [-0.25, -0.2) is 4.39 Å². The molecule has 0 fully saturated rings. The summed E-state index contributed by atoms with van der Waals surface area (Å²) < 4.78 is 12.9. The van der Waals surface area contributed by atoms with Crippen molar-refractivity contribution in [2.45, 2.75) is 11.8 Å². The molecule has 3 heteroatoms. The lowest BCUT2D eigenvalue weighted by molar-refractivity contribution is 0.601. The van der Waals surface area contributed by atoms with Crippen LogP contribution in [-0.4, -0.2) is 6.26 Å². The van der Waals surface area contributed by atoms with Crippen molar-refractivity contribution in [3.8, 4) is 0 Å². The Morgan fingerprint density at radius 2 is 2.09 bits per heavy atom. The molecular formula is C8H8ClFS. The molecule has 0 heterocycles. The van der Waals surface area contributed by atoms with E-state index in [1.807, 2.05) is 13.2 Å². The SMILES string of the molecule is CSc1c(F)ccc(C)c1Cl. The highest BCUT2D eigenvalue weighted by atomic mass is 35.5. The summed E-state index contributed by atoms with van der Waals surface area (Å²) in [5.74, 6) is -0.242. The molecule has 0 aliphatic rings. The monoisotopic (exact) mass is 190 g/mol. The number of halogens is 2. The van der Waals surface area contributed by atoms with Gasteiger partial charge in [0.15, 0.2) is 0 Å². The van der Waals surface area contributed by atoms with E-state index in [2.05, 4.69) is 0 Å². The summed E-state index contributed by atoms with van der Waals surface area (Å²) in [7, 11) is 0. The van der Waals surface area contributed by atoms with Gasteiger partial charge in [-0.1, -0.05) is 17.7 Å². The molecule has 0 nitrogen and oxygen atoms in total. The van der Waals surface area contributed by atoms with E-state index < -0.39 is 0 Å². The van der Waals surface area contributed by atoms with Crippen molar-refractivity contribution < 1.29 is 4.39 Å². The quantitative estimate of drug-likeness (QED) is 0.611. The molecule has 0 aromatic heterocycles. The molecule has 1 aromatic rings. The highest BCUT2D eigenvalue weighted by Gasteiger charge is 2.07. The summed E-state index contributed by atoms with van der Waals surface area (Å²) in [5.41, 5.74) is 0.914. The van der Waals surface area contributed by atoms with Crippen molar-refractivity contribution >= 4 is 23.4 Å². The van der Waals surface area contributed by atoms with Gasteiger partial charge in [0.2, 0.25) is 0 Å². The van der Waals surface area contributed by atoms with Crippen molar-refractivity contribution in [2.75, 3.05) is 6.26 Å². The van der Waals surface area contributed by atoms with Gasteiger partial charge in [0, 0.05) is 0 Å². The largest absolute Gasteiger partial charge is 0.206 e. The van der Waals surface area contributed by atoms with Gasteiger partial charge in [-0.2, -0.15) is 0 Å². The van der Waals surface area contributed by atoms with Crippen LogP contribution in [0.15, 0.2) is 17.0 Å². The van der Waals surface area contributed by atoms with Crippen molar-refractivity contribution in [3.63, 3.8) is 0 Å². The summed E-state index contributed by atoms with van der Waals surface area (Å²) in [5, 5.41) is 0.525. The molecule has 0 atom stereocenters. The molecule has 0 bridgehead atoms. The van der Waals surface area contributed by atoms with Crippen LogP contribution in [0.4, 0.5) is 4.39 Å². The molecule has 0 saturated carbocycles. The fraction of sp³-hybridized carbons (Fsp3) is 0.250. The first-order valence-corrected chi connectivity index (χ1v) is 4.75. The molecule has 1 rings (SSSR count). The van der Waals surface area contributed by atoms with Crippen molar-refractivity contribution in [2.24, 2.45) is 0 Å². The number of rotatable bonds is 1. The van der Waals surface area contributed by atoms with Crippen molar-refractivity contribution in [1.82, 2.24) is 0 Å². The normalized spacial score (nSPS) is 10.2. The molecule has 0 aliphatic heterocycles. The van der Waals surface area contributed by atoms with E-state index in [0.29, 0.717) is 9.92 Å². The molecule has 0 spiro atoms. The lowest BCUT2D eigenvalue weighted by atomic mass is 10.2. The van der Waals surface area contributed by atoms with E-state index in [-0.39, 0.29) is 5.82 Å². The maximum absolute atomic E-state index is 12.9. The van der Waals surface area contributed by atoms with Gasteiger partial charge in [0.1, 0.15) is 5.82 Å². The topological polar surface area (TPSA) is 0 Å². The first-order valence-electron chi connectivity index (χ1n) is 3.15. The van der Waals surface area contributed by atoms with E-state index in [1.165, 1.54) is 17.8 Å². The van der Waals surface area contributed by atoms with E-state index >= 15 is 0 Å². The summed E-state index contributed by atoms with van der Waals surface area (Å²) in [6, 6.07) is 3.12. The Labute approximate surface area is 74.8 Å². The van der Waals surface area contributed by atoms with Crippen LogP contribution in [-0.2, 0) is 0 Å². The highest BCUT2D eigenvalue weighted by molar-refractivity contribution is 7.98. The molecule has 11 heavy (non-hydrogen) atoms. The van der Waals surface area contributed by atoms with Gasteiger partial charge in [-0.05, 0) is 24.8 Å². The molecular weight excluding hydrogens is 183 g/mol. The van der Waals surface area contributed by atoms with E-state index in [4.69, 9.17) is 11.6 Å². The van der Waals surface area contributed by atoms with Crippen LogP contribution in [0.1, 0.15) is 5.56 Å². The second kappa shape index (κ2) is 3.46. The maximum Gasteiger partial charge on any atom is 0.138 e. The Balaban J connectivity index is 3.29. The average Bonchev–Trinajstić information content (AvgIpc) is 1.99. The highest BCUT2D eigenvalue weighted by Crippen LogP contribution is 2.30. The predicted molar refractivity (Wildman–Crippen MR) is 47.9 cm³/mol. The van der Waals surface area contributed by atoms with E-state index in [9.17, 15) is 4.39 Å². The van der Waals surface area contributed by atoms with Crippen molar-refractivity contribution in [3.05, 3.63) is 28.5 Å². The zero-order valence-electron chi connectivity index (χ0n) is 6.32. The molecule has 60 valence electrons. The predicted octanol–water partition coefficient (Wildman–Crippen LogP) is 3.51. The first-order chi connectivity index (χ1) is 5.16. The van der Waals surface area contributed by atoms with Gasteiger partial charge in [-0.3, -0.25) is 0 Å². The van der Waals surface area contributed by atoms with Gasteiger partial charge in [0.05, 0.1) is 9.92 Å². The fourth-order valence-electron chi connectivity index (χ4n) is 0.818. The van der Waals surface area contributed by atoms with Crippen LogP contribution in [0.5, 0.6) is 0 Å². The lowest BCUT2D eigenvalue weighted by Crippen LogP contribution is -1.84. The number of thioether (sulfide) groups is 1. The molecule has 0 aliphatic carbocycles. The third kappa shape index (κ3) is 1.68. The second-order valence-corrected chi connectivity index (χ2v) is 3.41. The summed E-state index contributed by atoms with van der Waals surface area (Å²) in [6.45, 7) is 1.86. The van der Waals surface area contributed by atoms with Gasteiger partial charge in [0.25, 0.3) is 0 Å². The number of aryl methyl sites for hydroxylation is 1. The zero-order chi connectivity index (χ0) is 8.43. The molecule has 0 radical (unpaired) electrons. The number of hydrogen-bond acceptors (Lipinski definition) is 1. The van der Waals surface area contributed by atoms with Crippen LogP contribution >= 0.6 is 23.4 Å². The van der Waals surface area contributed by atoms with Crippen LogP contribution in [0.25, 0.3) is 0 Å². The molecule has 0 N–H and O–H groups in total. The minimum absolute atomic E-state index is 0.242. The van der Waals surface area contributed by atoms with Crippen LogP contribution in [0.2, 0.25) is 5.02 Å². The minimum Gasteiger partial charge on any atom is -0.206 e. The van der Waals surface area contributed by atoms with E-state index in [1.54, 1.807) is 6.07 Å². The zero-order valence-corrected chi connectivity index (χ0v) is 7.89.